The van der Waals surface area contributed by atoms with Gasteiger partial charge in [0.25, 0.3) is 0 Å². The van der Waals surface area contributed by atoms with Gasteiger partial charge < -0.3 is 15.0 Å². The molecule has 0 spiro atoms. The lowest BCUT2D eigenvalue weighted by Crippen LogP contribution is -2.51. The Balaban J connectivity index is 1.98. The van der Waals surface area contributed by atoms with Gasteiger partial charge in [-0.25, -0.2) is 0 Å². The van der Waals surface area contributed by atoms with Crippen molar-refractivity contribution in [1.82, 2.24) is 10.2 Å². The average molecular weight is 319 g/mol. The van der Waals surface area contributed by atoms with Crippen molar-refractivity contribution in [2.24, 2.45) is 0 Å². The largest absolute Gasteiger partial charge is 0.374 e. The molecule has 2 atom stereocenters. The number of nitrogens with zero attached hydrogens (tertiary/aromatic N) is 1. The summed E-state index contributed by atoms with van der Waals surface area (Å²) < 4.78 is 7.09. The molecule has 1 aromatic heterocycles. The molecule has 1 N–H and O–H groups in total. The molecule has 1 fully saturated rings. The molecule has 17 heavy (non-hydrogen) atoms. The Kier molecular flexibility index (Phi) is 4.99. The van der Waals surface area contributed by atoms with E-state index < -0.39 is 0 Å². The molecule has 1 aliphatic rings. The van der Waals surface area contributed by atoms with Crippen LogP contribution in [0.15, 0.2) is 15.9 Å². The van der Waals surface area contributed by atoms with Gasteiger partial charge in [-0.1, -0.05) is 0 Å². The molecule has 2 rings (SSSR count). The fourth-order valence-corrected chi connectivity index (χ4v) is 3.72. The van der Waals surface area contributed by atoms with Gasteiger partial charge in [-0.2, -0.15) is 0 Å². The van der Waals surface area contributed by atoms with Crippen LogP contribution in [0.3, 0.4) is 0 Å². The van der Waals surface area contributed by atoms with Gasteiger partial charge in [0.05, 0.1) is 12.7 Å². The molecule has 1 saturated heterocycles. The summed E-state index contributed by atoms with van der Waals surface area (Å²) in [4.78, 5) is 3.73. The Morgan fingerprint density at radius 3 is 3.12 bits per heavy atom. The third kappa shape index (κ3) is 3.51. The predicted octanol–water partition coefficient (Wildman–Crippen LogP) is 1.97. The summed E-state index contributed by atoms with van der Waals surface area (Å²) in [6, 6.07) is 2.49. The normalized spacial score (nSPS) is 23.8. The topological polar surface area (TPSA) is 24.5 Å². The first-order valence-corrected chi connectivity index (χ1v) is 7.57. The number of ether oxygens (including phenoxy) is 1. The first-order chi connectivity index (χ1) is 8.20. The molecule has 0 aromatic carbocycles. The van der Waals surface area contributed by atoms with E-state index in [4.69, 9.17) is 4.74 Å². The second-order valence-electron chi connectivity index (χ2n) is 4.46. The van der Waals surface area contributed by atoms with E-state index in [-0.39, 0.29) is 6.10 Å². The van der Waals surface area contributed by atoms with Crippen LogP contribution >= 0.6 is 27.3 Å². The van der Waals surface area contributed by atoms with Crippen molar-refractivity contribution in [1.29, 1.82) is 0 Å². The Hall–Kier alpha value is 0.0600. The number of morpholine rings is 1. The minimum Gasteiger partial charge on any atom is -0.374 e. The molecule has 5 heteroatoms. The van der Waals surface area contributed by atoms with Crippen LogP contribution in [0, 0.1) is 0 Å². The van der Waals surface area contributed by atoms with E-state index in [1.807, 2.05) is 7.05 Å². The Morgan fingerprint density at radius 2 is 2.53 bits per heavy atom. The zero-order chi connectivity index (χ0) is 12.3. The molecule has 0 bridgehead atoms. The van der Waals surface area contributed by atoms with Gasteiger partial charge >= 0.3 is 0 Å². The molecule has 0 radical (unpaired) electrons. The third-order valence-corrected chi connectivity index (χ3v) is 5.16. The standard InChI is InChI=1S/C12H19BrN2OS/c1-14-10(7-12-9(13)3-6-17-12)11-8-15(2)4-5-16-11/h3,6,10-11,14H,4-5,7-8H2,1-2H3. The Labute approximate surface area is 115 Å². The maximum Gasteiger partial charge on any atom is 0.0858 e. The van der Waals surface area contributed by atoms with Gasteiger partial charge in [-0.15, -0.1) is 11.3 Å². The minimum atomic E-state index is 0.285. The summed E-state index contributed by atoms with van der Waals surface area (Å²) in [5.74, 6) is 0. The van der Waals surface area contributed by atoms with E-state index in [0.29, 0.717) is 6.04 Å². The van der Waals surface area contributed by atoms with Gasteiger partial charge in [-0.3, -0.25) is 0 Å². The fraction of sp³-hybridized carbons (Fsp3) is 0.667. The molecule has 2 heterocycles. The molecule has 1 aromatic rings. The van der Waals surface area contributed by atoms with Crippen LogP contribution in [0.2, 0.25) is 0 Å². The summed E-state index contributed by atoms with van der Waals surface area (Å²) in [5.41, 5.74) is 0. The second-order valence-corrected chi connectivity index (χ2v) is 6.32. The maximum absolute atomic E-state index is 5.88. The lowest BCUT2D eigenvalue weighted by atomic mass is 10.1. The van der Waals surface area contributed by atoms with Crippen LogP contribution in [0.5, 0.6) is 0 Å². The number of halogens is 1. The van der Waals surface area contributed by atoms with Crippen LogP contribution in [0.25, 0.3) is 0 Å². The predicted molar refractivity (Wildman–Crippen MR) is 75.8 cm³/mol. The molecule has 3 nitrogen and oxygen atoms in total. The van der Waals surface area contributed by atoms with Crippen molar-refractivity contribution in [3.8, 4) is 0 Å². The lowest BCUT2D eigenvalue weighted by molar-refractivity contribution is -0.0371. The number of nitrogens with one attached hydrogen (secondary N) is 1. The van der Waals surface area contributed by atoms with E-state index >= 15 is 0 Å². The Bertz CT molecular complexity index is 358. The summed E-state index contributed by atoms with van der Waals surface area (Å²) in [5, 5.41) is 5.52. The number of hydrogen-bond donors (Lipinski definition) is 1. The zero-order valence-corrected chi connectivity index (χ0v) is 12.7. The highest BCUT2D eigenvalue weighted by Gasteiger charge is 2.26. The molecule has 2 unspecified atom stereocenters. The molecule has 1 aliphatic heterocycles. The van der Waals surface area contributed by atoms with Gasteiger partial charge in [0.1, 0.15) is 0 Å². The lowest BCUT2D eigenvalue weighted by Gasteiger charge is -2.35. The monoisotopic (exact) mass is 318 g/mol. The molecule has 0 aliphatic carbocycles. The maximum atomic E-state index is 5.88. The first kappa shape index (κ1) is 13.5. The quantitative estimate of drug-likeness (QED) is 0.918. The molecule has 0 saturated carbocycles. The van der Waals surface area contributed by atoms with Crippen LogP contribution in [-0.4, -0.2) is 50.8 Å². The van der Waals surface area contributed by atoms with E-state index in [1.54, 1.807) is 11.3 Å². The van der Waals surface area contributed by atoms with Crippen molar-refractivity contribution in [3.63, 3.8) is 0 Å². The summed E-state index contributed by atoms with van der Waals surface area (Å²) >= 11 is 5.39. The van der Waals surface area contributed by atoms with Crippen molar-refractivity contribution in [3.05, 3.63) is 20.8 Å². The number of rotatable bonds is 4. The first-order valence-electron chi connectivity index (χ1n) is 5.90. The van der Waals surface area contributed by atoms with Gasteiger partial charge in [-0.05, 0) is 41.5 Å². The van der Waals surface area contributed by atoms with Crippen LogP contribution in [0.1, 0.15) is 4.88 Å². The third-order valence-electron chi connectivity index (χ3n) is 3.21. The summed E-state index contributed by atoms with van der Waals surface area (Å²) in [6.07, 6.45) is 1.31. The highest BCUT2D eigenvalue weighted by Crippen LogP contribution is 2.25. The van der Waals surface area contributed by atoms with E-state index in [9.17, 15) is 0 Å². The van der Waals surface area contributed by atoms with Crippen LogP contribution in [-0.2, 0) is 11.2 Å². The van der Waals surface area contributed by atoms with Crippen molar-refractivity contribution in [2.75, 3.05) is 33.8 Å². The van der Waals surface area contributed by atoms with E-state index in [0.717, 1.165) is 26.1 Å². The molecular formula is C12H19BrN2OS. The highest BCUT2D eigenvalue weighted by molar-refractivity contribution is 9.10. The molecular weight excluding hydrogens is 300 g/mol. The number of likely N-dealkylation sites (N-methyl/N-ethyl adjacent to an activating group) is 2. The van der Waals surface area contributed by atoms with Crippen LogP contribution < -0.4 is 5.32 Å². The van der Waals surface area contributed by atoms with Gasteiger partial charge in [0, 0.05) is 34.9 Å². The van der Waals surface area contributed by atoms with Crippen LogP contribution in [0.4, 0.5) is 0 Å². The fourth-order valence-electron chi connectivity index (χ4n) is 2.14. The van der Waals surface area contributed by atoms with Gasteiger partial charge in [0.2, 0.25) is 0 Å². The van der Waals surface area contributed by atoms with Crippen molar-refractivity contribution in [2.45, 2.75) is 18.6 Å². The van der Waals surface area contributed by atoms with Gasteiger partial charge in [0.15, 0.2) is 0 Å². The highest BCUT2D eigenvalue weighted by atomic mass is 79.9. The number of hydrogen-bond acceptors (Lipinski definition) is 4. The van der Waals surface area contributed by atoms with E-state index in [1.165, 1.54) is 9.35 Å². The summed E-state index contributed by atoms with van der Waals surface area (Å²) in [7, 11) is 4.17. The molecule has 0 amide bonds. The second kappa shape index (κ2) is 6.29. The van der Waals surface area contributed by atoms with E-state index in [2.05, 4.69) is 44.6 Å². The van der Waals surface area contributed by atoms with Crippen molar-refractivity contribution < 1.29 is 4.74 Å². The minimum absolute atomic E-state index is 0.285. The number of thiophene rings is 1. The molecule has 96 valence electrons. The average Bonchev–Trinajstić information content (AvgIpc) is 2.71. The zero-order valence-electron chi connectivity index (χ0n) is 10.3. The smallest absolute Gasteiger partial charge is 0.0858 e. The Morgan fingerprint density at radius 1 is 1.71 bits per heavy atom. The summed E-state index contributed by atoms with van der Waals surface area (Å²) in [6.45, 7) is 2.88. The van der Waals surface area contributed by atoms with Crippen molar-refractivity contribution >= 4 is 27.3 Å². The SMILES string of the molecule is CNC(Cc1sccc1Br)C1CN(C)CCO1.